The van der Waals surface area contributed by atoms with Crippen LogP contribution < -0.4 is 5.32 Å². The van der Waals surface area contributed by atoms with Crippen LogP contribution in [0.25, 0.3) is 0 Å². The molecule has 2 aromatic rings. The molecule has 0 aliphatic carbocycles. The Morgan fingerprint density at radius 3 is 2.17 bits per heavy atom. The lowest BCUT2D eigenvalue weighted by molar-refractivity contribution is 0.0922. The van der Waals surface area contributed by atoms with Gasteiger partial charge in [0.25, 0.3) is 0 Å². The fourth-order valence-electron chi connectivity index (χ4n) is 3.20. The topological polar surface area (TPSA) is 88.1 Å². The first kappa shape index (κ1) is 20.7. The zero-order valence-electron chi connectivity index (χ0n) is 16.2. The predicted octanol–water partition coefficient (Wildman–Crippen LogP) is 3.07. The first-order valence-corrected chi connectivity index (χ1v) is 9.71. The fourth-order valence-corrected chi connectivity index (χ4v) is 3.20. The van der Waals surface area contributed by atoms with E-state index in [1.807, 2.05) is 60.7 Å². The zero-order valence-corrected chi connectivity index (χ0v) is 16.2. The molecule has 29 heavy (non-hydrogen) atoms. The van der Waals surface area contributed by atoms with E-state index >= 15 is 0 Å². The van der Waals surface area contributed by atoms with Crippen molar-refractivity contribution < 1.29 is 24.2 Å². The van der Waals surface area contributed by atoms with Gasteiger partial charge >= 0.3 is 12.2 Å². The van der Waals surface area contributed by atoms with Crippen LogP contribution in [0.3, 0.4) is 0 Å². The Kier molecular flexibility index (Phi) is 7.47. The molecule has 3 rings (SSSR count). The third kappa shape index (κ3) is 6.80. The Labute approximate surface area is 170 Å². The summed E-state index contributed by atoms with van der Waals surface area (Å²) in [6, 6.07) is 18.4. The van der Waals surface area contributed by atoms with Crippen LogP contribution in [0.5, 0.6) is 0 Å². The second-order valence-electron chi connectivity index (χ2n) is 7.07. The largest absolute Gasteiger partial charge is 0.445 e. The van der Waals surface area contributed by atoms with Crippen molar-refractivity contribution in [1.29, 1.82) is 0 Å². The third-order valence-electron chi connectivity index (χ3n) is 4.73. The normalized spacial score (nSPS) is 19.1. The monoisotopic (exact) mass is 398 g/mol. The molecule has 0 spiro atoms. The van der Waals surface area contributed by atoms with Gasteiger partial charge in [-0.1, -0.05) is 60.7 Å². The summed E-state index contributed by atoms with van der Waals surface area (Å²) in [7, 11) is 0. The molecule has 0 bridgehead atoms. The highest BCUT2D eigenvalue weighted by Gasteiger charge is 2.28. The minimum atomic E-state index is -0.610. The van der Waals surface area contributed by atoms with Gasteiger partial charge in [0.15, 0.2) is 0 Å². The van der Waals surface area contributed by atoms with Crippen LogP contribution in [0.15, 0.2) is 60.7 Å². The van der Waals surface area contributed by atoms with E-state index < -0.39 is 24.3 Å². The number of nitrogens with zero attached hydrogens (tertiary/aromatic N) is 1. The van der Waals surface area contributed by atoms with Gasteiger partial charge in [-0.05, 0) is 24.0 Å². The van der Waals surface area contributed by atoms with Gasteiger partial charge in [-0.3, -0.25) is 0 Å². The highest BCUT2D eigenvalue weighted by molar-refractivity contribution is 5.69. The lowest BCUT2D eigenvalue weighted by Gasteiger charge is -2.24. The molecule has 0 aromatic heterocycles. The Hall–Kier alpha value is -3.06. The van der Waals surface area contributed by atoms with Crippen LogP contribution >= 0.6 is 0 Å². The summed E-state index contributed by atoms with van der Waals surface area (Å²) < 4.78 is 10.6. The maximum absolute atomic E-state index is 12.5. The number of carbonyl (C=O) groups excluding carboxylic acids is 2. The summed E-state index contributed by atoms with van der Waals surface area (Å²) in [6.07, 6.45) is -0.875. The van der Waals surface area contributed by atoms with E-state index in [-0.39, 0.29) is 19.8 Å². The summed E-state index contributed by atoms with van der Waals surface area (Å²) in [5, 5.41) is 12.9. The number of aliphatic hydroxyl groups excluding tert-OH is 1. The lowest BCUT2D eigenvalue weighted by atomic mass is 10.1. The number of carbonyl (C=O) groups is 2. The molecule has 1 aliphatic rings. The van der Waals surface area contributed by atoms with E-state index in [1.165, 1.54) is 4.90 Å². The number of nitrogens with one attached hydrogen (secondary N) is 1. The van der Waals surface area contributed by atoms with E-state index in [4.69, 9.17) is 9.47 Å². The Balaban J connectivity index is 1.50. The van der Waals surface area contributed by atoms with Gasteiger partial charge in [-0.15, -0.1) is 0 Å². The molecular formula is C22H26N2O5. The number of rotatable bonds is 5. The van der Waals surface area contributed by atoms with E-state index in [0.717, 1.165) is 11.1 Å². The quantitative estimate of drug-likeness (QED) is 0.808. The fraction of sp³-hybridized carbons (Fsp3) is 0.364. The maximum Gasteiger partial charge on any atom is 0.410 e. The van der Waals surface area contributed by atoms with Gasteiger partial charge in [0.2, 0.25) is 0 Å². The van der Waals surface area contributed by atoms with Gasteiger partial charge in [0.1, 0.15) is 13.2 Å². The standard InChI is InChI=1S/C22H26N2O5/c25-20-11-12-24(22(27)29-16-18-9-5-2-6-10-18)14-19(13-20)23-21(26)28-15-17-7-3-1-4-8-17/h1-10,19-20,25H,11-16H2,(H,23,26). The van der Waals surface area contributed by atoms with Crippen molar-refractivity contribution in [1.82, 2.24) is 10.2 Å². The number of hydrogen-bond donors (Lipinski definition) is 2. The molecule has 154 valence electrons. The lowest BCUT2D eigenvalue weighted by Crippen LogP contribution is -2.45. The number of ether oxygens (including phenoxy) is 2. The van der Waals surface area contributed by atoms with Crippen molar-refractivity contribution in [2.75, 3.05) is 13.1 Å². The van der Waals surface area contributed by atoms with Crippen molar-refractivity contribution >= 4 is 12.2 Å². The molecule has 2 atom stereocenters. The highest BCUT2D eigenvalue weighted by atomic mass is 16.6. The summed E-state index contributed by atoms with van der Waals surface area (Å²) in [5.41, 5.74) is 1.78. The van der Waals surface area contributed by atoms with Gasteiger partial charge in [0, 0.05) is 13.1 Å². The SMILES string of the molecule is O=C(NC1CC(O)CCN(C(=O)OCc2ccccc2)C1)OCc1ccccc1. The molecule has 2 N–H and O–H groups in total. The molecule has 0 saturated carbocycles. The summed E-state index contributed by atoms with van der Waals surface area (Å²) in [6.45, 7) is 0.956. The molecule has 1 aliphatic heterocycles. The average molecular weight is 398 g/mol. The minimum absolute atomic E-state index is 0.158. The summed E-state index contributed by atoms with van der Waals surface area (Å²) in [4.78, 5) is 26.1. The molecule has 7 heteroatoms. The van der Waals surface area contributed by atoms with Crippen molar-refractivity contribution in [3.05, 3.63) is 71.8 Å². The van der Waals surface area contributed by atoms with Crippen LogP contribution in [0.1, 0.15) is 24.0 Å². The van der Waals surface area contributed by atoms with Gasteiger partial charge in [-0.25, -0.2) is 9.59 Å². The number of likely N-dealkylation sites (tertiary alicyclic amines) is 1. The number of amides is 2. The Morgan fingerprint density at radius 2 is 1.55 bits per heavy atom. The van der Waals surface area contributed by atoms with Crippen LogP contribution in [0.2, 0.25) is 0 Å². The molecule has 7 nitrogen and oxygen atoms in total. The van der Waals surface area contributed by atoms with E-state index in [2.05, 4.69) is 5.32 Å². The van der Waals surface area contributed by atoms with Crippen molar-refractivity contribution in [2.24, 2.45) is 0 Å². The Bertz CT molecular complexity index is 784. The summed E-state index contributed by atoms with van der Waals surface area (Å²) in [5.74, 6) is 0. The van der Waals surface area contributed by atoms with Crippen LogP contribution in [0, 0.1) is 0 Å². The van der Waals surface area contributed by atoms with Crippen molar-refractivity contribution in [2.45, 2.75) is 38.2 Å². The molecule has 1 heterocycles. The van der Waals surface area contributed by atoms with Crippen LogP contribution in [-0.2, 0) is 22.7 Å². The van der Waals surface area contributed by atoms with E-state index in [1.54, 1.807) is 0 Å². The molecule has 0 radical (unpaired) electrons. The molecular weight excluding hydrogens is 372 g/mol. The molecule has 2 aromatic carbocycles. The molecule has 1 fully saturated rings. The summed E-state index contributed by atoms with van der Waals surface area (Å²) >= 11 is 0. The van der Waals surface area contributed by atoms with Gasteiger partial charge in [-0.2, -0.15) is 0 Å². The van der Waals surface area contributed by atoms with Gasteiger partial charge in [0.05, 0.1) is 12.1 Å². The second kappa shape index (κ2) is 10.5. The molecule has 1 saturated heterocycles. The first-order valence-electron chi connectivity index (χ1n) is 9.71. The molecule has 2 unspecified atom stereocenters. The average Bonchev–Trinajstić information content (AvgIpc) is 2.93. The number of aliphatic hydroxyl groups is 1. The highest BCUT2D eigenvalue weighted by Crippen LogP contribution is 2.14. The Morgan fingerprint density at radius 1 is 0.966 bits per heavy atom. The predicted molar refractivity (Wildman–Crippen MR) is 107 cm³/mol. The maximum atomic E-state index is 12.5. The van der Waals surface area contributed by atoms with Crippen LogP contribution in [0.4, 0.5) is 9.59 Å². The number of alkyl carbamates (subject to hydrolysis) is 1. The van der Waals surface area contributed by atoms with Crippen molar-refractivity contribution in [3.8, 4) is 0 Å². The van der Waals surface area contributed by atoms with E-state index in [9.17, 15) is 14.7 Å². The molecule has 2 amide bonds. The second-order valence-corrected chi connectivity index (χ2v) is 7.07. The minimum Gasteiger partial charge on any atom is -0.445 e. The first-order chi connectivity index (χ1) is 14.1. The smallest absolute Gasteiger partial charge is 0.410 e. The van der Waals surface area contributed by atoms with Crippen molar-refractivity contribution in [3.63, 3.8) is 0 Å². The zero-order chi connectivity index (χ0) is 20.5. The van der Waals surface area contributed by atoms with E-state index in [0.29, 0.717) is 19.4 Å². The number of benzene rings is 2. The van der Waals surface area contributed by atoms with Crippen LogP contribution in [-0.4, -0.2) is 47.4 Å². The number of hydrogen-bond acceptors (Lipinski definition) is 5. The van der Waals surface area contributed by atoms with Gasteiger partial charge < -0.3 is 24.8 Å². The third-order valence-corrected chi connectivity index (χ3v) is 4.73.